The normalized spacial score (nSPS) is 25.0. The van der Waals surface area contributed by atoms with Crippen LogP contribution in [0.4, 0.5) is 0 Å². The molecule has 2 atom stereocenters. The molecule has 0 radical (unpaired) electrons. The standard InChI is InChI=1S/C12H16BrN3O/c13-10-4-2-1-3-5-11(10)16-12(17)9-6-7-14-15-8-9/h6-8,10-11H,1-5H2,(H,16,17). The van der Waals surface area contributed by atoms with Crippen molar-refractivity contribution >= 4 is 21.8 Å². The smallest absolute Gasteiger partial charge is 0.253 e. The average molecular weight is 298 g/mol. The fourth-order valence-electron chi connectivity index (χ4n) is 2.10. The molecule has 92 valence electrons. The minimum absolute atomic E-state index is 0.0590. The number of nitrogens with one attached hydrogen (secondary N) is 1. The molecule has 1 aromatic heterocycles. The summed E-state index contributed by atoms with van der Waals surface area (Å²) in [5.41, 5.74) is 0.573. The van der Waals surface area contributed by atoms with Crippen LogP contribution in [0.5, 0.6) is 0 Å². The van der Waals surface area contributed by atoms with Crippen molar-refractivity contribution in [1.29, 1.82) is 0 Å². The molecule has 2 rings (SSSR count). The van der Waals surface area contributed by atoms with Gasteiger partial charge < -0.3 is 5.32 Å². The molecule has 1 amide bonds. The molecule has 0 aromatic carbocycles. The van der Waals surface area contributed by atoms with Gasteiger partial charge in [0.25, 0.3) is 5.91 Å². The zero-order chi connectivity index (χ0) is 12.1. The van der Waals surface area contributed by atoms with E-state index in [1.807, 2.05) is 0 Å². The van der Waals surface area contributed by atoms with Crippen LogP contribution in [0, 0.1) is 0 Å². The van der Waals surface area contributed by atoms with E-state index in [4.69, 9.17) is 0 Å². The molecule has 1 aromatic rings. The highest BCUT2D eigenvalue weighted by molar-refractivity contribution is 9.09. The summed E-state index contributed by atoms with van der Waals surface area (Å²) < 4.78 is 0. The number of alkyl halides is 1. The third kappa shape index (κ3) is 3.49. The van der Waals surface area contributed by atoms with E-state index < -0.39 is 0 Å². The fraction of sp³-hybridized carbons (Fsp3) is 0.583. The maximum Gasteiger partial charge on any atom is 0.253 e. The van der Waals surface area contributed by atoms with Crippen molar-refractivity contribution < 1.29 is 4.79 Å². The largest absolute Gasteiger partial charge is 0.348 e. The van der Waals surface area contributed by atoms with Crippen LogP contribution < -0.4 is 5.32 Å². The van der Waals surface area contributed by atoms with Crippen molar-refractivity contribution in [2.75, 3.05) is 0 Å². The number of hydrogen-bond acceptors (Lipinski definition) is 3. The van der Waals surface area contributed by atoms with Crippen LogP contribution in [0.3, 0.4) is 0 Å². The topological polar surface area (TPSA) is 54.9 Å². The van der Waals surface area contributed by atoms with Crippen LogP contribution in [-0.4, -0.2) is 27.0 Å². The molecule has 0 saturated heterocycles. The van der Waals surface area contributed by atoms with E-state index in [1.165, 1.54) is 31.7 Å². The summed E-state index contributed by atoms with van der Waals surface area (Å²) in [6.07, 6.45) is 8.87. The Hall–Kier alpha value is -0.970. The number of halogens is 1. The van der Waals surface area contributed by atoms with E-state index >= 15 is 0 Å². The van der Waals surface area contributed by atoms with Gasteiger partial charge in [0.1, 0.15) is 0 Å². The molecule has 4 nitrogen and oxygen atoms in total. The molecule has 0 bridgehead atoms. The van der Waals surface area contributed by atoms with Crippen molar-refractivity contribution in [2.45, 2.75) is 43.0 Å². The Morgan fingerprint density at radius 3 is 2.88 bits per heavy atom. The van der Waals surface area contributed by atoms with Crippen molar-refractivity contribution in [1.82, 2.24) is 15.5 Å². The monoisotopic (exact) mass is 297 g/mol. The van der Waals surface area contributed by atoms with E-state index in [-0.39, 0.29) is 11.9 Å². The molecule has 5 heteroatoms. The molecule has 1 heterocycles. The van der Waals surface area contributed by atoms with Crippen LogP contribution >= 0.6 is 15.9 Å². The van der Waals surface area contributed by atoms with Gasteiger partial charge in [-0.3, -0.25) is 4.79 Å². The van der Waals surface area contributed by atoms with Crippen molar-refractivity contribution in [3.63, 3.8) is 0 Å². The second-order valence-electron chi connectivity index (χ2n) is 4.37. The Morgan fingerprint density at radius 2 is 2.12 bits per heavy atom. The Morgan fingerprint density at radius 1 is 1.29 bits per heavy atom. The minimum atomic E-state index is -0.0590. The summed E-state index contributed by atoms with van der Waals surface area (Å²) in [7, 11) is 0. The highest BCUT2D eigenvalue weighted by atomic mass is 79.9. The van der Waals surface area contributed by atoms with Crippen LogP contribution in [0.15, 0.2) is 18.5 Å². The number of carbonyl (C=O) groups excluding carboxylic acids is 1. The molecular weight excluding hydrogens is 282 g/mol. The molecular formula is C12H16BrN3O. The number of rotatable bonds is 2. The highest BCUT2D eigenvalue weighted by Crippen LogP contribution is 2.23. The summed E-state index contributed by atoms with van der Waals surface area (Å²) in [5.74, 6) is -0.0590. The number of aromatic nitrogens is 2. The minimum Gasteiger partial charge on any atom is -0.348 e. The number of hydrogen-bond donors (Lipinski definition) is 1. The first kappa shape index (κ1) is 12.5. The van der Waals surface area contributed by atoms with Crippen molar-refractivity contribution in [2.24, 2.45) is 0 Å². The van der Waals surface area contributed by atoms with Gasteiger partial charge in [-0.1, -0.05) is 35.2 Å². The van der Waals surface area contributed by atoms with Gasteiger partial charge in [0.15, 0.2) is 0 Å². The van der Waals surface area contributed by atoms with Gasteiger partial charge >= 0.3 is 0 Å². The Bertz CT molecular complexity index is 371. The zero-order valence-electron chi connectivity index (χ0n) is 9.60. The van der Waals surface area contributed by atoms with Gasteiger partial charge in [-0.15, -0.1) is 0 Å². The molecule has 0 aliphatic heterocycles. The predicted octanol–water partition coefficient (Wildman–Crippen LogP) is 2.30. The molecule has 2 unspecified atom stereocenters. The lowest BCUT2D eigenvalue weighted by Crippen LogP contribution is -2.40. The van der Waals surface area contributed by atoms with Gasteiger partial charge in [0, 0.05) is 10.9 Å². The summed E-state index contributed by atoms with van der Waals surface area (Å²) in [4.78, 5) is 12.3. The van der Waals surface area contributed by atoms with E-state index in [0.717, 1.165) is 12.8 Å². The maximum atomic E-state index is 12.0. The van der Waals surface area contributed by atoms with Gasteiger partial charge in [0.05, 0.1) is 18.0 Å². The first-order valence-electron chi connectivity index (χ1n) is 5.99. The molecule has 1 fully saturated rings. The number of nitrogens with zero attached hydrogens (tertiary/aromatic N) is 2. The second-order valence-corrected chi connectivity index (χ2v) is 5.54. The molecule has 0 spiro atoms. The van der Waals surface area contributed by atoms with Crippen LogP contribution in [0.25, 0.3) is 0 Å². The third-order valence-electron chi connectivity index (χ3n) is 3.09. The van der Waals surface area contributed by atoms with E-state index in [1.54, 1.807) is 6.07 Å². The van der Waals surface area contributed by atoms with Crippen LogP contribution in [0.1, 0.15) is 42.5 Å². The first-order chi connectivity index (χ1) is 8.27. The first-order valence-corrected chi connectivity index (χ1v) is 6.90. The third-order valence-corrected chi connectivity index (χ3v) is 4.19. The quantitative estimate of drug-likeness (QED) is 0.673. The highest BCUT2D eigenvalue weighted by Gasteiger charge is 2.23. The van der Waals surface area contributed by atoms with Crippen LogP contribution in [0.2, 0.25) is 0 Å². The molecule has 1 aliphatic carbocycles. The maximum absolute atomic E-state index is 12.0. The van der Waals surface area contributed by atoms with Gasteiger partial charge in [0.2, 0.25) is 0 Å². The lowest BCUT2D eigenvalue weighted by molar-refractivity contribution is 0.0934. The number of amides is 1. The Labute approximate surface area is 109 Å². The van der Waals surface area contributed by atoms with Crippen molar-refractivity contribution in [3.05, 3.63) is 24.0 Å². The molecule has 1 saturated carbocycles. The second kappa shape index (κ2) is 6.10. The zero-order valence-corrected chi connectivity index (χ0v) is 11.2. The lowest BCUT2D eigenvalue weighted by Gasteiger charge is -2.21. The summed E-state index contributed by atoms with van der Waals surface area (Å²) in [6, 6.07) is 1.90. The number of carbonyl (C=O) groups is 1. The van der Waals surface area contributed by atoms with E-state index in [2.05, 4.69) is 31.4 Å². The lowest BCUT2D eigenvalue weighted by atomic mass is 10.1. The van der Waals surface area contributed by atoms with Gasteiger partial charge in [-0.2, -0.15) is 10.2 Å². The van der Waals surface area contributed by atoms with Crippen LogP contribution in [-0.2, 0) is 0 Å². The van der Waals surface area contributed by atoms with E-state index in [0.29, 0.717) is 10.4 Å². The predicted molar refractivity (Wildman–Crippen MR) is 69.1 cm³/mol. The SMILES string of the molecule is O=C(NC1CCCCCC1Br)c1ccnnc1. The van der Waals surface area contributed by atoms with E-state index in [9.17, 15) is 4.79 Å². The summed E-state index contributed by atoms with van der Waals surface area (Å²) in [6.45, 7) is 0. The molecule has 17 heavy (non-hydrogen) atoms. The Balaban J connectivity index is 1.98. The van der Waals surface area contributed by atoms with Crippen molar-refractivity contribution in [3.8, 4) is 0 Å². The summed E-state index contributed by atoms with van der Waals surface area (Å²) >= 11 is 3.66. The summed E-state index contributed by atoms with van der Waals surface area (Å²) in [5, 5.41) is 10.5. The van der Waals surface area contributed by atoms with Gasteiger partial charge in [-0.25, -0.2) is 0 Å². The molecule has 1 N–H and O–H groups in total. The fourth-order valence-corrected chi connectivity index (χ4v) is 2.82. The van der Waals surface area contributed by atoms with Gasteiger partial charge in [-0.05, 0) is 18.9 Å². The Kier molecular flexibility index (Phi) is 4.48. The molecule has 1 aliphatic rings. The average Bonchev–Trinajstić information content (AvgIpc) is 2.56.